The number of carbonyl (C=O) groups excluding carboxylic acids is 1. The third-order valence-corrected chi connectivity index (χ3v) is 7.67. The summed E-state index contributed by atoms with van der Waals surface area (Å²) in [6.07, 6.45) is 8.65. The number of esters is 1. The van der Waals surface area contributed by atoms with Gasteiger partial charge in [0.2, 0.25) is 0 Å². The number of carbonyl (C=O) groups is 1. The molecule has 146 valence electrons. The second-order valence-corrected chi connectivity index (χ2v) is 10.4. The van der Waals surface area contributed by atoms with Crippen LogP contribution in [0.1, 0.15) is 68.0 Å². The standard InChI is InChI=1S/C20H30BrNO3S/c1-13-3-5-14(6-4-13)12-22(15-7-9-16(23)10-8-15)17-11-18(21)26-19(17)20(24)25-2/h11,13-16,23H,3-10,12H2,1-2H3. The van der Waals surface area contributed by atoms with Gasteiger partial charge in [0, 0.05) is 12.6 Å². The first-order valence-electron chi connectivity index (χ1n) is 9.80. The van der Waals surface area contributed by atoms with Crippen molar-refractivity contribution < 1.29 is 14.6 Å². The second-order valence-electron chi connectivity index (χ2n) is 8.00. The van der Waals surface area contributed by atoms with Gasteiger partial charge in [0.25, 0.3) is 0 Å². The van der Waals surface area contributed by atoms with Crippen molar-refractivity contribution >= 4 is 38.9 Å². The van der Waals surface area contributed by atoms with E-state index in [0.29, 0.717) is 16.8 Å². The molecule has 0 aromatic carbocycles. The lowest BCUT2D eigenvalue weighted by molar-refractivity contribution is 0.0606. The molecule has 1 N–H and O–H groups in total. The maximum absolute atomic E-state index is 12.3. The number of aliphatic hydroxyl groups excluding tert-OH is 1. The molecule has 2 saturated carbocycles. The van der Waals surface area contributed by atoms with Gasteiger partial charge < -0.3 is 14.7 Å². The quantitative estimate of drug-likeness (QED) is 0.632. The second kappa shape index (κ2) is 9.07. The number of anilines is 1. The summed E-state index contributed by atoms with van der Waals surface area (Å²) in [5.41, 5.74) is 1.01. The normalized spacial score (nSPS) is 29.4. The van der Waals surface area contributed by atoms with Crippen LogP contribution in [0.25, 0.3) is 0 Å². The van der Waals surface area contributed by atoms with Gasteiger partial charge in [-0.2, -0.15) is 0 Å². The Labute approximate surface area is 169 Å². The number of thiophene rings is 1. The highest BCUT2D eigenvalue weighted by Gasteiger charge is 2.31. The Hall–Kier alpha value is -0.590. The smallest absolute Gasteiger partial charge is 0.350 e. The van der Waals surface area contributed by atoms with Gasteiger partial charge in [-0.25, -0.2) is 4.79 Å². The first-order valence-corrected chi connectivity index (χ1v) is 11.4. The zero-order valence-electron chi connectivity index (χ0n) is 15.7. The van der Waals surface area contributed by atoms with E-state index >= 15 is 0 Å². The van der Waals surface area contributed by atoms with Crippen molar-refractivity contribution in [2.24, 2.45) is 11.8 Å². The van der Waals surface area contributed by atoms with Gasteiger partial charge in [-0.05, 0) is 72.4 Å². The van der Waals surface area contributed by atoms with E-state index in [4.69, 9.17) is 4.74 Å². The molecule has 26 heavy (non-hydrogen) atoms. The van der Waals surface area contributed by atoms with Crippen molar-refractivity contribution in [3.05, 3.63) is 14.7 Å². The van der Waals surface area contributed by atoms with E-state index in [1.165, 1.54) is 44.1 Å². The summed E-state index contributed by atoms with van der Waals surface area (Å²) in [7, 11) is 1.45. The average molecular weight is 444 g/mol. The molecule has 2 fully saturated rings. The lowest BCUT2D eigenvalue weighted by Gasteiger charge is -2.40. The molecule has 0 radical (unpaired) electrons. The maximum Gasteiger partial charge on any atom is 0.350 e. The summed E-state index contributed by atoms with van der Waals surface area (Å²) in [6.45, 7) is 3.35. The fraction of sp³-hybridized carbons (Fsp3) is 0.750. The van der Waals surface area contributed by atoms with Crippen molar-refractivity contribution in [3.63, 3.8) is 0 Å². The van der Waals surface area contributed by atoms with E-state index in [-0.39, 0.29) is 12.1 Å². The predicted octanol–water partition coefficient (Wildman–Crippen LogP) is 5.23. The monoisotopic (exact) mass is 443 g/mol. The minimum atomic E-state index is -0.256. The molecular weight excluding hydrogens is 414 g/mol. The molecule has 1 aromatic rings. The summed E-state index contributed by atoms with van der Waals surface area (Å²) in [6, 6.07) is 2.47. The Bertz CT molecular complexity index is 604. The molecular formula is C20H30BrNO3S. The lowest BCUT2D eigenvalue weighted by atomic mass is 9.82. The number of hydrogen-bond donors (Lipinski definition) is 1. The van der Waals surface area contributed by atoms with E-state index in [1.54, 1.807) is 0 Å². The van der Waals surface area contributed by atoms with Gasteiger partial charge in [-0.3, -0.25) is 0 Å². The number of rotatable bonds is 5. The van der Waals surface area contributed by atoms with Crippen LogP contribution in [0.15, 0.2) is 9.85 Å². The number of methoxy groups -OCH3 is 1. The molecule has 0 unspecified atom stereocenters. The van der Waals surface area contributed by atoms with Crippen LogP contribution in [0.3, 0.4) is 0 Å². The van der Waals surface area contributed by atoms with Crippen LogP contribution < -0.4 is 4.90 Å². The van der Waals surface area contributed by atoms with Crippen LogP contribution in [0.2, 0.25) is 0 Å². The molecule has 6 heteroatoms. The first-order chi connectivity index (χ1) is 12.5. The maximum atomic E-state index is 12.3. The van der Waals surface area contributed by atoms with E-state index in [1.807, 2.05) is 0 Å². The molecule has 0 bridgehead atoms. The molecule has 0 amide bonds. The topological polar surface area (TPSA) is 49.8 Å². The molecule has 0 aliphatic heterocycles. The van der Waals surface area contributed by atoms with Gasteiger partial charge in [-0.15, -0.1) is 11.3 Å². The zero-order valence-corrected chi connectivity index (χ0v) is 18.2. The van der Waals surface area contributed by atoms with E-state index < -0.39 is 0 Å². The molecule has 1 aromatic heterocycles. The molecule has 1 heterocycles. The Balaban J connectivity index is 1.84. The van der Waals surface area contributed by atoms with Gasteiger partial charge in [0.05, 0.1) is 22.7 Å². The van der Waals surface area contributed by atoms with Crippen molar-refractivity contribution in [3.8, 4) is 0 Å². The largest absolute Gasteiger partial charge is 0.465 e. The molecule has 0 atom stereocenters. The summed E-state index contributed by atoms with van der Waals surface area (Å²) < 4.78 is 6.00. The fourth-order valence-corrected chi connectivity index (χ4v) is 5.92. The average Bonchev–Trinajstić information content (AvgIpc) is 3.03. The minimum absolute atomic E-state index is 0.169. The number of nitrogens with zero attached hydrogens (tertiary/aromatic N) is 1. The Morgan fingerprint density at radius 1 is 1.23 bits per heavy atom. The van der Waals surface area contributed by atoms with Gasteiger partial charge in [-0.1, -0.05) is 19.8 Å². The van der Waals surface area contributed by atoms with E-state index in [2.05, 4.69) is 33.8 Å². The number of ether oxygens (including phenoxy) is 1. The minimum Gasteiger partial charge on any atom is -0.465 e. The van der Waals surface area contributed by atoms with Crippen LogP contribution in [0, 0.1) is 11.8 Å². The number of hydrogen-bond acceptors (Lipinski definition) is 5. The molecule has 2 aliphatic rings. The summed E-state index contributed by atoms with van der Waals surface area (Å²) in [5.74, 6) is 1.27. The summed E-state index contributed by atoms with van der Waals surface area (Å²) >= 11 is 5.01. The molecule has 0 spiro atoms. The SMILES string of the molecule is COC(=O)c1sc(Br)cc1N(CC1CCC(C)CC1)C1CCC(O)CC1. The van der Waals surface area contributed by atoms with E-state index in [0.717, 1.165) is 47.6 Å². The highest BCUT2D eigenvalue weighted by atomic mass is 79.9. The molecule has 3 rings (SSSR count). The third kappa shape index (κ3) is 4.82. The molecule has 4 nitrogen and oxygen atoms in total. The van der Waals surface area contributed by atoms with E-state index in [9.17, 15) is 9.90 Å². The predicted molar refractivity (Wildman–Crippen MR) is 110 cm³/mol. The van der Waals surface area contributed by atoms with Crippen LogP contribution >= 0.6 is 27.3 Å². The summed E-state index contributed by atoms with van der Waals surface area (Å²) in [5, 5.41) is 9.92. The van der Waals surface area contributed by atoms with Crippen LogP contribution in [0.5, 0.6) is 0 Å². The van der Waals surface area contributed by atoms with Gasteiger partial charge >= 0.3 is 5.97 Å². The van der Waals surface area contributed by atoms with Crippen molar-refractivity contribution in [1.29, 1.82) is 0 Å². The van der Waals surface area contributed by atoms with Crippen LogP contribution in [0.4, 0.5) is 5.69 Å². The third-order valence-electron chi connectivity index (χ3n) is 6.06. The molecule has 0 saturated heterocycles. The lowest BCUT2D eigenvalue weighted by Crippen LogP contribution is -2.43. The first kappa shape index (κ1) is 20.2. The van der Waals surface area contributed by atoms with Crippen LogP contribution in [-0.2, 0) is 4.74 Å². The van der Waals surface area contributed by atoms with Crippen molar-refractivity contribution in [2.45, 2.75) is 70.4 Å². The Morgan fingerprint density at radius 3 is 2.50 bits per heavy atom. The summed E-state index contributed by atoms with van der Waals surface area (Å²) in [4.78, 5) is 15.5. The zero-order chi connectivity index (χ0) is 18.7. The van der Waals surface area contributed by atoms with Crippen molar-refractivity contribution in [2.75, 3.05) is 18.6 Å². The highest BCUT2D eigenvalue weighted by Crippen LogP contribution is 2.39. The Morgan fingerprint density at radius 2 is 1.88 bits per heavy atom. The van der Waals surface area contributed by atoms with Gasteiger partial charge in [0.15, 0.2) is 0 Å². The van der Waals surface area contributed by atoms with Crippen molar-refractivity contribution in [1.82, 2.24) is 0 Å². The highest BCUT2D eigenvalue weighted by molar-refractivity contribution is 9.11. The number of aliphatic hydroxyl groups is 1. The molecule has 2 aliphatic carbocycles. The Kier molecular flexibility index (Phi) is 7.03. The fourth-order valence-electron chi connectivity index (χ4n) is 4.41. The number of halogens is 1. The van der Waals surface area contributed by atoms with Gasteiger partial charge in [0.1, 0.15) is 4.88 Å². The van der Waals surface area contributed by atoms with Crippen LogP contribution in [-0.4, -0.2) is 36.9 Å².